The summed E-state index contributed by atoms with van der Waals surface area (Å²) in [5, 5.41) is 11.6. The van der Waals surface area contributed by atoms with E-state index >= 15 is 0 Å². The first-order valence-electron chi connectivity index (χ1n) is 7.36. The molecule has 26 heavy (non-hydrogen) atoms. The molecule has 3 aromatic rings. The van der Waals surface area contributed by atoms with Crippen LogP contribution < -0.4 is 4.74 Å². The van der Waals surface area contributed by atoms with Gasteiger partial charge in [0, 0.05) is 15.6 Å². The van der Waals surface area contributed by atoms with Crippen molar-refractivity contribution in [3.8, 4) is 5.75 Å². The summed E-state index contributed by atoms with van der Waals surface area (Å²) >= 11 is 7.56. The topological polar surface area (TPSA) is 59.7 Å². The van der Waals surface area contributed by atoms with E-state index in [4.69, 9.17) is 25.9 Å². The first-order valence-corrected chi connectivity index (χ1v) is 8.61. The molecule has 0 spiro atoms. The Balaban J connectivity index is 1.82. The highest BCUT2D eigenvalue weighted by Crippen LogP contribution is 2.37. The van der Waals surface area contributed by atoms with Crippen molar-refractivity contribution in [1.82, 2.24) is 0 Å². The molecule has 0 aliphatic heterocycles. The van der Waals surface area contributed by atoms with Gasteiger partial charge in [0.05, 0.1) is 11.4 Å². The van der Waals surface area contributed by atoms with Gasteiger partial charge < -0.3 is 14.3 Å². The monoisotopic (exact) mass is 404 g/mol. The van der Waals surface area contributed by atoms with Crippen LogP contribution in [-0.4, -0.2) is 11.1 Å². The number of hydrogen-bond donors (Lipinski definition) is 1. The second kappa shape index (κ2) is 6.85. The van der Waals surface area contributed by atoms with Crippen molar-refractivity contribution in [1.29, 1.82) is 0 Å². The van der Waals surface area contributed by atoms with Gasteiger partial charge in [-0.3, -0.25) is 4.79 Å². The summed E-state index contributed by atoms with van der Waals surface area (Å²) in [6.45, 7) is 1.32. The second-order valence-electron chi connectivity index (χ2n) is 5.59. The van der Waals surface area contributed by atoms with Crippen molar-refractivity contribution in [3.63, 3.8) is 0 Å². The minimum Gasteiger partial charge on any atom is -0.489 e. The van der Waals surface area contributed by atoms with Crippen molar-refractivity contribution in [3.05, 3.63) is 51.2 Å². The van der Waals surface area contributed by atoms with Gasteiger partial charge in [0.2, 0.25) is 5.76 Å². The highest BCUT2D eigenvalue weighted by atomic mass is 35.5. The average molecular weight is 405 g/mol. The summed E-state index contributed by atoms with van der Waals surface area (Å²) in [6, 6.07) is 4.10. The van der Waals surface area contributed by atoms with Gasteiger partial charge in [-0.15, -0.1) is 11.3 Å². The zero-order chi connectivity index (χ0) is 19.1. The number of thiophene rings is 1. The molecule has 1 aromatic carbocycles. The van der Waals surface area contributed by atoms with Crippen molar-refractivity contribution >= 4 is 39.0 Å². The fourth-order valence-corrected chi connectivity index (χ4v) is 3.90. The summed E-state index contributed by atoms with van der Waals surface area (Å²) in [6.07, 6.45) is -4.70. The molecule has 0 saturated carbocycles. The predicted octanol–water partition coefficient (Wildman–Crippen LogP) is 5.68. The fourth-order valence-electron chi connectivity index (χ4n) is 2.50. The summed E-state index contributed by atoms with van der Waals surface area (Å²) in [5.41, 5.74) is 0.890. The fraction of sp³-hybridized carbons (Fsp3) is 0.235. The molecule has 0 radical (unpaired) electrons. The van der Waals surface area contributed by atoms with Crippen LogP contribution in [0.1, 0.15) is 22.6 Å². The third-order valence-electron chi connectivity index (χ3n) is 3.71. The van der Waals surface area contributed by atoms with Crippen LogP contribution in [0.25, 0.3) is 10.1 Å². The van der Waals surface area contributed by atoms with Gasteiger partial charge in [-0.1, -0.05) is 11.6 Å². The van der Waals surface area contributed by atoms with E-state index in [0.717, 1.165) is 10.8 Å². The molecule has 0 unspecified atom stereocenters. The summed E-state index contributed by atoms with van der Waals surface area (Å²) in [5.74, 6) is -1.53. The highest BCUT2D eigenvalue weighted by Gasteiger charge is 2.35. The third kappa shape index (κ3) is 3.81. The van der Waals surface area contributed by atoms with Crippen LogP contribution in [0.2, 0.25) is 5.02 Å². The molecule has 0 fully saturated rings. The predicted molar refractivity (Wildman–Crippen MR) is 91.0 cm³/mol. The SMILES string of the molecule is Cc1oc(C(F)(F)F)cc1COc1cc(Cl)c2c(CC(=O)O)csc2c1. The Bertz CT molecular complexity index is 974. The molecule has 2 aromatic heterocycles. The number of furan rings is 1. The maximum absolute atomic E-state index is 12.7. The van der Waals surface area contributed by atoms with Crippen molar-refractivity contribution in [2.45, 2.75) is 26.1 Å². The minimum atomic E-state index is -4.55. The normalized spacial score (nSPS) is 11.9. The Morgan fingerprint density at radius 2 is 2.04 bits per heavy atom. The number of fused-ring (bicyclic) bond motifs is 1. The van der Waals surface area contributed by atoms with E-state index in [2.05, 4.69) is 0 Å². The number of aryl methyl sites for hydroxylation is 1. The summed E-state index contributed by atoms with van der Waals surface area (Å²) in [7, 11) is 0. The standard InChI is InChI=1S/C17H12ClF3O4S/c1-8-9(2-14(25-8)17(19,20)21)6-24-11-4-12(18)16-10(3-15(22)23)7-26-13(16)5-11/h2,4-5,7H,3,6H2,1H3,(H,22,23). The molecule has 0 atom stereocenters. The molecule has 9 heteroatoms. The first kappa shape index (κ1) is 18.6. The number of alkyl halides is 3. The lowest BCUT2D eigenvalue weighted by Crippen LogP contribution is -2.02. The second-order valence-corrected chi connectivity index (χ2v) is 6.91. The van der Waals surface area contributed by atoms with Gasteiger partial charge in [0.1, 0.15) is 18.1 Å². The van der Waals surface area contributed by atoms with Crippen LogP contribution in [0, 0.1) is 6.92 Å². The van der Waals surface area contributed by atoms with Gasteiger partial charge >= 0.3 is 12.1 Å². The maximum Gasteiger partial charge on any atom is 0.449 e. The van der Waals surface area contributed by atoms with Crippen molar-refractivity contribution in [2.75, 3.05) is 0 Å². The van der Waals surface area contributed by atoms with Crippen LogP contribution in [0.4, 0.5) is 13.2 Å². The van der Waals surface area contributed by atoms with Crippen LogP contribution >= 0.6 is 22.9 Å². The highest BCUT2D eigenvalue weighted by molar-refractivity contribution is 7.17. The van der Waals surface area contributed by atoms with Gasteiger partial charge in [-0.25, -0.2) is 0 Å². The molecular formula is C17H12ClF3O4S. The largest absolute Gasteiger partial charge is 0.489 e. The molecule has 138 valence electrons. The van der Waals surface area contributed by atoms with Crippen LogP contribution in [0.5, 0.6) is 5.75 Å². The number of carboxylic acids is 1. The maximum atomic E-state index is 12.7. The van der Waals surface area contributed by atoms with Crippen molar-refractivity contribution < 1.29 is 32.2 Å². The molecule has 3 rings (SSSR count). The summed E-state index contributed by atoms with van der Waals surface area (Å²) in [4.78, 5) is 10.9. The van der Waals surface area contributed by atoms with E-state index in [1.807, 2.05) is 0 Å². The minimum absolute atomic E-state index is 0.111. The van der Waals surface area contributed by atoms with Crippen molar-refractivity contribution in [2.24, 2.45) is 0 Å². The van der Waals surface area contributed by atoms with E-state index < -0.39 is 17.9 Å². The van der Waals surface area contributed by atoms with Gasteiger partial charge in [-0.05, 0) is 36.1 Å². The Hall–Kier alpha value is -2.19. The Morgan fingerprint density at radius 3 is 2.65 bits per heavy atom. The quantitative estimate of drug-likeness (QED) is 0.594. The number of hydrogen-bond acceptors (Lipinski definition) is 4. The zero-order valence-electron chi connectivity index (χ0n) is 13.3. The molecule has 2 heterocycles. The Kier molecular flexibility index (Phi) is 4.90. The lowest BCUT2D eigenvalue weighted by molar-refractivity contribution is -0.153. The average Bonchev–Trinajstić information content (AvgIpc) is 3.08. The Morgan fingerprint density at radius 1 is 1.31 bits per heavy atom. The smallest absolute Gasteiger partial charge is 0.449 e. The lowest BCUT2D eigenvalue weighted by Gasteiger charge is -2.07. The van der Waals surface area contributed by atoms with E-state index in [0.29, 0.717) is 21.7 Å². The molecule has 0 aliphatic rings. The zero-order valence-corrected chi connectivity index (χ0v) is 14.9. The number of halogens is 4. The number of benzene rings is 1. The number of aliphatic carboxylic acids is 1. The number of carbonyl (C=O) groups is 1. The molecule has 1 N–H and O–H groups in total. The molecular weight excluding hydrogens is 393 g/mol. The summed E-state index contributed by atoms with van der Waals surface area (Å²) < 4.78 is 49.0. The van der Waals surface area contributed by atoms with E-state index in [9.17, 15) is 18.0 Å². The van der Waals surface area contributed by atoms with Gasteiger partial charge in [-0.2, -0.15) is 13.2 Å². The molecule has 4 nitrogen and oxygen atoms in total. The number of rotatable bonds is 5. The van der Waals surface area contributed by atoms with E-state index in [1.54, 1.807) is 11.4 Å². The molecule has 0 amide bonds. The van der Waals surface area contributed by atoms with Crippen LogP contribution in [0.3, 0.4) is 0 Å². The molecule has 0 saturated heterocycles. The number of carboxylic acid groups (broad SMARTS) is 1. The van der Waals surface area contributed by atoms with Crippen LogP contribution in [0.15, 0.2) is 28.0 Å². The molecule has 0 aliphatic carbocycles. The number of ether oxygens (including phenoxy) is 1. The van der Waals surface area contributed by atoms with Gasteiger partial charge in [0.25, 0.3) is 0 Å². The molecule has 0 bridgehead atoms. The third-order valence-corrected chi connectivity index (χ3v) is 4.99. The van der Waals surface area contributed by atoms with Crippen LogP contribution in [-0.2, 0) is 24.0 Å². The van der Waals surface area contributed by atoms with E-state index in [1.165, 1.54) is 24.3 Å². The lowest BCUT2D eigenvalue weighted by atomic mass is 10.1. The first-order chi connectivity index (χ1) is 12.1. The Labute approximate surface area is 154 Å². The van der Waals surface area contributed by atoms with Gasteiger partial charge in [0.15, 0.2) is 0 Å². The van der Waals surface area contributed by atoms with E-state index in [-0.39, 0.29) is 24.4 Å².